The van der Waals surface area contributed by atoms with Gasteiger partial charge in [-0.3, -0.25) is 0 Å². The van der Waals surface area contributed by atoms with Crippen LogP contribution in [0, 0.1) is 0 Å². The molecule has 1 heterocycles. The van der Waals surface area contributed by atoms with Gasteiger partial charge in [-0.2, -0.15) is 0 Å². The van der Waals surface area contributed by atoms with Crippen molar-refractivity contribution in [2.24, 2.45) is 0 Å². The molecule has 0 spiro atoms. The van der Waals surface area contributed by atoms with Crippen molar-refractivity contribution < 1.29 is 17.9 Å². The van der Waals surface area contributed by atoms with E-state index in [9.17, 15) is 8.42 Å². The third-order valence-corrected chi connectivity index (χ3v) is 4.96. The number of benzene rings is 1. The minimum atomic E-state index is -3.68. The number of ether oxygens (including phenoxy) is 2. The van der Waals surface area contributed by atoms with Gasteiger partial charge in [0.2, 0.25) is 10.0 Å². The van der Waals surface area contributed by atoms with Crippen LogP contribution in [0.25, 0.3) is 0 Å². The molecule has 0 amide bonds. The van der Waals surface area contributed by atoms with E-state index in [0.29, 0.717) is 26.4 Å². The maximum absolute atomic E-state index is 12.3. The van der Waals surface area contributed by atoms with Crippen molar-refractivity contribution in [3.05, 3.63) is 28.8 Å². The normalized spacial score (nSPS) is 19.6. The summed E-state index contributed by atoms with van der Waals surface area (Å²) in [6.07, 6.45) is -0.271. The highest BCUT2D eigenvalue weighted by Gasteiger charge is 2.22. The number of nitrogens with one attached hydrogen (secondary N) is 2. The first-order valence-electron chi connectivity index (χ1n) is 6.65. The summed E-state index contributed by atoms with van der Waals surface area (Å²) in [5, 5.41) is 3.17. The van der Waals surface area contributed by atoms with E-state index in [1.165, 1.54) is 0 Å². The molecular weight excluding hydrogens is 316 g/mol. The van der Waals surface area contributed by atoms with Gasteiger partial charge in [0.25, 0.3) is 0 Å². The summed E-state index contributed by atoms with van der Waals surface area (Å²) in [5.74, 6) is 0. The maximum Gasteiger partial charge on any atom is 0.242 e. The second kappa shape index (κ2) is 7.53. The van der Waals surface area contributed by atoms with E-state index in [2.05, 4.69) is 10.0 Å². The maximum atomic E-state index is 12.3. The minimum absolute atomic E-state index is 0.0774. The lowest BCUT2D eigenvalue weighted by Gasteiger charge is -2.23. The molecule has 0 bridgehead atoms. The van der Waals surface area contributed by atoms with Crippen LogP contribution < -0.4 is 10.0 Å². The molecular formula is C13H19ClN2O4S. The SMILES string of the molecule is CNCc1ccc(Cl)c(S(=O)(=O)NCC2COCCO2)c1. The molecule has 2 rings (SSSR count). The van der Waals surface area contributed by atoms with Gasteiger partial charge in [0.15, 0.2) is 0 Å². The second-order valence-corrected chi connectivity index (χ2v) is 6.86. The fraction of sp³-hybridized carbons (Fsp3) is 0.538. The molecule has 1 aromatic carbocycles. The van der Waals surface area contributed by atoms with Crippen molar-refractivity contribution >= 4 is 21.6 Å². The molecule has 1 saturated heterocycles. The molecule has 1 atom stereocenters. The molecule has 1 fully saturated rings. The third-order valence-electron chi connectivity index (χ3n) is 3.05. The molecule has 1 unspecified atom stereocenters. The predicted molar refractivity (Wildman–Crippen MR) is 80.0 cm³/mol. The highest BCUT2D eigenvalue weighted by atomic mass is 35.5. The van der Waals surface area contributed by atoms with E-state index in [1.54, 1.807) is 25.2 Å². The molecule has 0 aromatic heterocycles. The number of hydrogen-bond acceptors (Lipinski definition) is 5. The number of sulfonamides is 1. The first-order valence-corrected chi connectivity index (χ1v) is 8.51. The first kappa shape index (κ1) is 16.7. The molecule has 1 aliphatic rings. The molecule has 6 nitrogen and oxygen atoms in total. The van der Waals surface area contributed by atoms with Crippen LogP contribution in [0.5, 0.6) is 0 Å². The Kier molecular flexibility index (Phi) is 5.98. The van der Waals surface area contributed by atoms with Gasteiger partial charge in [-0.15, -0.1) is 0 Å². The van der Waals surface area contributed by atoms with Crippen molar-refractivity contribution in [2.75, 3.05) is 33.4 Å². The lowest BCUT2D eigenvalue weighted by molar-refractivity contribution is -0.0846. The van der Waals surface area contributed by atoms with Gasteiger partial charge in [0.05, 0.1) is 30.9 Å². The minimum Gasteiger partial charge on any atom is -0.376 e. The monoisotopic (exact) mass is 334 g/mol. The van der Waals surface area contributed by atoms with Crippen LogP contribution in [0.3, 0.4) is 0 Å². The average Bonchev–Trinajstić information content (AvgIpc) is 2.48. The zero-order valence-electron chi connectivity index (χ0n) is 11.8. The van der Waals surface area contributed by atoms with Gasteiger partial charge in [-0.25, -0.2) is 13.1 Å². The van der Waals surface area contributed by atoms with Gasteiger partial charge < -0.3 is 14.8 Å². The Labute approximate surface area is 129 Å². The fourth-order valence-corrected chi connectivity index (χ4v) is 3.62. The van der Waals surface area contributed by atoms with Crippen LogP contribution in [-0.2, 0) is 26.0 Å². The summed E-state index contributed by atoms with van der Waals surface area (Å²) in [4.78, 5) is 0.0774. The Morgan fingerprint density at radius 3 is 2.86 bits per heavy atom. The third kappa shape index (κ3) is 4.64. The second-order valence-electron chi connectivity index (χ2n) is 4.71. The van der Waals surface area contributed by atoms with Crippen LogP contribution in [0.1, 0.15) is 5.56 Å². The summed E-state index contributed by atoms with van der Waals surface area (Å²) in [5.41, 5.74) is 0.847. The summed E-state index contributed by atoms with van der Waals surface area (Å²) in [7, 11) is -1.88. The van der Waals surface area contributed by atoms with Crippen LogP contribution in [0.2, 0.25) is 5.02 Å². The molecule has 0 saturated carbocycles. The zero-order valence-corrected chi connectivity index (χ0v) is 13.3. The smallest absolute Gasteiger partial charge is 0.242 e. The van der Waals surface area contributed by atoms with Crippen LogP contribution in [-0.4, -0.2) is 47.9 Å². The lowest BCUT2D eigenvalue weighted by Crippen LogP contribution is -2.39. The van der Waals surface area contributed by atoms with Crippen molar-refractivity contribution in [3.63, 3.8) is 0 Å². The van der Waals surface area contributed by atoms with Crippen molar-refractivity contribution in [1.29, 1.82) is 0 Å². The number of halogens is 1. The molecule has 0 aliphatic carbocycles. The Bertz CT molecular complexity index is 574. The van der Waals surface area contributed by atoms with Crippen molar-refractivity contribution in [2.45, 2.75) is 17.5 Å². The molecule has 2 N–H and O–H groups in total. The molecule has 118 valence electrons. The van der Waals surface area contributed by atoms with E-state index in [1.807, 2.05) is 0 Å². The number of hydrogen-bond donors (Lipinski definition) is 2. The van der Waals surface area contributed by atoms with Gasteiger partial charge >= 0.3 is 0 Å². The summed E-state index contributed by atoms with van der Waals surface area (Å²) in [6, 6.07) is 4.94. The van der Waals surface area contributed by atoms with E-state index in [-0.39, 0.29) is 22.6 Å². The van der Waals surface area contributed by atoms with E-state index < -0.39 is 10.0 Å². The van der Waals surface area contributed by atoms with Crippen LogP contribution in [0.4, 0.5) is 0 Å². The van der Waals surface area contributed by atoms with Crippen molar-refractivity contribution in [3.8, 4) is 0 Å². The van der Waals surface area contributed by atoms with Gasteiger partial charge in [0, 0.05) is 13.1 Å². The van der Waals surface area contributed by atoms with E-state index >= 15 is 0 Å². The predicted octanol–water partition coefficient (Wildman–Crippen LogP) is 0.753. The Morgan fingerprint density at radius 2 is 2.19 bits per heavy atom. The highest BCUT2D eigenvalue weighted by molar-refractivity contribution is 7.89. The van der Waals surface area contributed by atoms with Crippen molar-refractivity contribution in [1.82, 2.24) is 10.0 Å². The average molecular weight is 335 g/mol. The Hall–Kier alpha value is -0.700. The van der Waals surface area contributed by atoms with Gasteiger partial charge in [-0.1, -0.05) is 17.7 Å². The van der Waals surface area contributed by atoms with Gasteiger partial charge in [0.1, 0.15) is 4.90 Å². The molecule has 0 radical (unpaired) electrons. The summed E-state index contributed by atoms with van der Waals surface area (Å²) >= 11 is 6.01. The van der Waals surface area contributed by atoms with Crippen LogP contribution in [0.15, 0.2) is 23.1 Å². The Morgan fingerprint density at radius 1 is 1.38 bits per heavy atom. The number of rotatable bonds is 6. The van der Waals surface area contributed by atoms with Gasteiger partial charge in [-0.05, 0) is 24.7 Å². The molecule has 1 aliphatic heterocycles. The topological polar surface area (TPSA) is 76.7 Å². The molecule has 21 heavy (non-hydrogen) atoms. The molecule has 1 aromatic rings. The standard InChI is InChI=1S/C13H19ClN2O4S/c1-15-7-10-2-3-12(14)13(6-10)21(17,18)16-8-11-9-19-4-5-20-11/h2-3,6,11,15-16H,4-5,7-9H2,1H3. The summed E-state index contributed by atoms with van der Waals surface area (Å²) < 4.78 is 37.8. The van der Waals surface area contributed by atoms with E-state index in [0.717, 1.165) is 5.56 Å². The summed E-state index contributed by atoms with van der Waals surface area (Å²) in [6.45, 7) is 2.14. The van der Waals surface area contributed by atoms with Crippen LogP contribution >= 0.6 is 11.6 Å². The highest BCUT2D eigenvalue weighted by Crippen LogP contribution is 2.22. The quantitative estimate of drug-likeness (QED) is 0.803. The molecule has 8 heteroatoms. The van der Waals surface area contributed by atoms with E-state index in [4.69, 9.17) is 21.1 Å². The zero-order chi connectivity index (χ0) is 15.3. The fourth-order valence-electron chi connectivity index (χ4n) is 2.00. The Balaban J connectivity index is 2.08. The first-order chi connectivity index (χ1) is 10.0. The largest absolute Gasteiger partial charge is 0.376 e. The lowest BCUT2D eigenvalue weighted by atomic mass is 10.2.